The Balaban J connectivity index is 2.05. The Morgan fingerprint density at radius 1 is 1.44 bits per heavy atom. The van der Waals surface area contributed by atoms with Crippen molar-refractivity contribution in [2.24, 2.45) is 7.05 Å². The third kappa shape index (κ3) is 2.31. The van der Waals surface area contributed by atoms with Crippen molar-refractivity contribution in [3.05, 3.63) is 35.7 Å². The van der Waals surface area contributed by atoms with Crippen LogP contribution in [0.2, 0.25) is 0 Å². The molecule has 1 heterocycles. The van der Waals surface area contributed by atoms with Crippen LogP contribution in [0.25, 0.3) is 0 Å². The second-order valence-electron chi connectivity index (χ2n) is 3.62. The van der Waals surface area contributed by atoms with Gasteiger partial charge in [-0.1, -0.05) is 12.1 Å². The van der Waals surface area contributed by atoms with E-state index in [1.165, 1.54) is 0 Å². The Bertz CT molecular complexity index is 492. The predicted octanol–water partition coefficient (Wildman–Crippen LogP) is 1.28. The molecule has 84 valence electrons. The molecule has 16 heavy (non-hydrogen) atoms. The van der Waals surface area contributed by atoms with Crippen molar-refractivity contribution in [1.29, 1.82) is 0 Å². The maximum absolute atomic E-state index is 5.59. The highest BCUT2D eigenvalue weighted by Gasteiger charge is 2.04. The maximum Gasteiger partial charge on any atom is 0.239 e. The lowest BCUT2D eigenvalue weighted by atomic mass is 10.2. The normalized spacial score (nSPS) is 10.4. The number of nitrogens with two attached hydrogens (primary N) is 1. The average Bonchev–Trinajstić information content (AvgIpc) is 2.54. The third-order valence-electron chi connectivity index (χ3n) is 2.23. The molecule has 0 aliphatic heterocycles. The molecular weight excluding hydrogens is 204 g/mol. The van der Waals surface area contributed by atoms with E-state index in [-0.39, 0.29) is 5.95 Å². The molecule has 0 spiro atoms. The Kier molecular flexibility index (Phi) is 2.76. The molecule has 0 amide bonds. The van der Waals surface area contributed by atoms with Gasteiger partial charge >= 0.3 is 0 Å². The van der Waals surface area contributed by atoms with Crippen LogP contribution in [0.1, 0.15) is 11.4 Å². The van der Waals surface area contributed by atoms with Crippen LogP contribution in [0.4, 0.5) is 5.95 Å². The zero-order valence-corrected chi connectivity index (χ0v) is 9.34. The molecule has 0 radical (unpaired) electrons. The second-order valence-corrected chi connectivity index (χ2v) is 3.62. The monoisotopic (exact) mass is 218 g/mol. The number of aryl methyl sites for hydroxylation is 2. The van der Waals surface area contributed by atoms with Gasteiger partial charge in [-0.25, -0.2) is 4.68 Å². The average molecular weight is 218 g/mol. The Morgan fingerprint density at radius 2 is 2.25 bits per heavy atom. The number of aromatic nitrogens is 3. The van der Waals surface area contributed by atoms with Crippen molar-refractivity contribution < 1.29 is 4.74 Å². The summed E-state index contributed by atoms with van der Waals surface area (Å²) in [5, 5.41) is 3.94. The fourth-order valence-electron chi connectivity index (χ4n) is 1.42. The number of ether oxygens (including phenoxy) is 1. The van der Waals surface area contributed by atoms with Crippen LogP contribution < -0.4 is 10.5 Å². The van der Waals surface area contributed by atoms with Crippen molar-refractivity contribution in [1.82, 2.24) is 14.8 Å². The largest absolute Gasteiger partial charge is 0.486 e. The van der Waals surface area contributed by atoms with Crippen LogP contribution in [-0.4, -0.2) is 14.8 Å². The summed E-state index contributed by atoms with van der Waals surface area (Å²) in [7, 11) is 1.79. The molecule has 0 saturated carbocycles. The summed E-state index contributed by atoms with van der Waals surface area (Å²) in [5.74, 6) is 1.80. The van der Waals surface area contributed by atoms with Gasteiger partial charge in [-0.05, 0) is 24.6 Å². The van der Waals surface area contributed by atoms with Gasteiger partial charge in [0.2, 0.25) is 5.95 Å². The van der Waals surface area contributed by atoms with E-state index in [1.54, 1.807) is 11.7 Å². The van der Waals surface area contributed by atoms with Gasteiger partial charge in [-0.15, -0.1) is 5.10 Å². The van der Waals surface area contributed by atoms with E-state index in [1.807, 2.05) is 31.2 Å². The highest BCUT2D eigenvalue weighted by molar-refractivity contribution is 5.27. The van der Waals surface area contributed by atoms with Crippen LogP contribution in [0, 0.1) is 6.92 Å². The fourth-order valence-corrected chi connectivity index (χ4v) is 1.42. The molecule has 2 N–H and O–H groups in total. The van der Waals surface area contributed by atoms with E-state index in [4.69, 9.17) is 10.5 Å². The van der Waals surface area contributed by atoms with Gasteiger partial charge in [-0.3, -0.25) is 0 Å². The Hall–Kier alpha value is -2.04. The van der Waals surface area contributed by atoms with Crippen LogP contribution in [0.5, 0.6) is 5.75 Å². The summed E-state index contributed by atoms with van der Waals surface area (Å²) in [4.78, 5) is 4.05. The molecule has 0 unspecified atom stereocenters. The highest BCUT2D eigenvalue weighted by atomic mass is 16.5. The van der Waals surface area contributed by atoms with E-state index in [0.29, 0.717) is 12.4 Å². The van der Waals surface area contributed by atoms with Gasteiger partial charge in [0.05, 0.1) is 0 Å². The van der Waals surface area contributed by atoms with E-state index in [9.17, 15) is 0 Å². The molecule has 5 heteroatoms. The predicted molar refractivity (Wildman–Crippen MR) is 60.9 cm³/mol. The quantitative estimate of drug-likeness (QED) is 0.842. The maximum atomic E-state index is 5.59. The van der Waals surface area contributed by atoms with Crippen molar-refractivity contribution in [2.75, 3.05) is 5.73 Å². The summed E-state index contributed by atoms with van der Waals surface area (Å²) in [6, 6.07) is 7.86. The van der Waals surface area contributed by atoms with E-state index < -0.39 is 0 Å². The molecule has 2 rings (SSSR count). The van der Waals surface area contributed by atoms with Crippen molar-refractivity contribution >= 4 is 5.95 Å². The molecular formula is C11H14N4O. The SMILES string of the molecule is Cc1cccc(OCc2nc(N)nn2C)c1. The first-order valence-electron chi connectivity index (χ1n) is 5.00. The van der Waals surface area contributed by atoms with Crippen LogP contribution in [-0.2, 0) is 13.7 Å². The molecule has 1 aromatic heterocycles. The fraction of sp³-hybridized carbons (Fsp3) is 0.273. The van der Waals surface area contributed by atoms with Crippen LogP contribution in [0.3, 0.4) is 0 Å². The molecule has 0 bridgehead atoms. The lowest BCUT2D eigenvalue weighted by Gasteiger charge is -2.05. The lowest BCUT2D eigenvalue weighted by Crippen LogP contribution is -2.04. The summed E-state index contributed by atoms with van der Waals surface area (Å²) in [6.07, 6.45) is 0. The van der Waals surface area contributed by atoms with Gasteiger partial charge in [-0.2, -0.15) is 4.98 Å². The van der Waals surface area contributed by atoms with Crippen molar-refractivity contribution in [2.45, 2.75) is 13.5 Å². The summed E-state index contributed by atoms with van der Waals surface area (Å²) < 4.78 is 7.20. The molecule has 1 aromatic carbocycles. The molecule has 2 aromatic rings. The van der Waals surface area contributed by atoms with E-state index in [2.05, 4.69) is 10.1 Å². The second kappa shape index (κ2) is 4.22. The van der Waals surface area contributed by atoms with Gasteiger partial charge in [0.25, 0.3) is 0 Å². The number of hydrogen-bond donors (Lipinski definition) is 1. The van der Waals surface area contributed by atoms with Crippen LogP contribution in [0.15, 0.2) is 24.3 Å². The smallest absolute Gasteiger partial charge is 0.239 e. The first kappa shape index (κ1) is 10.5. The number of nitrogens with zero attached hydrogens (tertiary/aromatic N) is 3. The van der Waals surface area contributed by atoms with Gasteiger partial charge in [0.15, 0.2) is 5.82 Å². The first-order valence-corrected chi connectivity index (χ1v) is 5.00. The van der Waals surface area contributed by atoms with Gasteiger partial charge in [0, 0.05) is 7.05 Å². The third-order valence-corrected chi connectivity index (χ3v) is 2.23. The molecule has 0 saturated heterocycles. The van der Waals surface area contributed by atoms with Gasteiger partial charge < -0.3 is 10.5 Å². The zero-order valence-electron chi connectivity index (χ0n) is 9.34. The number of hydrogen-bond acceptors (Lipinski definition) is 4. The van der Waals surface area contributed by atoms with Gasteiger partial charge in [0.1, 0.15) is 12.4 Å². The minimum atomic E-state index is 0.269. The molecule has 0 atom stereocenters. The lowest BCUT2D eigenvalue weighted by molar-refractivity contribution is 0.289. The first-order chi connectivity index (χ1) is 7.65. The summed E-state index contributed by atoms with van der Waals surface area (Å²) >= 11 is 0. The molecule has 0 aliphatic carbocycles. The zero-order chi connectivity index (χ0) is 11.5. The van der Waals surface area contributed by atoms with Crippen molar-refractivity contribution in [3.8, 4) is 5.75 Å². The molecule has 0 fully saturated rings. The molecule has 5 nitrogen and oxygen atoms in total. The number of nitrogen functional groups attached to an aromatic ring is 1. The number of anilines is 1. The minimum Gasteiger partial charge on any atom is -0.486 e. The summed E-state index contributed by atoms with van der Waals surface area (Å²) in [6.45, 7) is 2.39. The Labute approximate surface area is 93.9 Å². The van der Waals surface area contributed by atoms with Crippen LogP contribution >= 0.6 is 0 Å². The Morgan fingerprint density at radius 3 is 2.88 bits per heavy atom. The molecule has 0 aliphatic rings. The number of benzene rings is 1. The van der Waals surface area contributed by atoms with E-state index in [0.717, 1.165) is 11.3 Å². The van der Waals surface area contributed by atoms with Crippen molar-refractivity contribution in [3.63, 3.8) is 0 Å². The van der Waals surface area contributed by atoms with E-state index >= 15 is 0 Å². The standard InChI is InChI=1S/C11H14N4O/c1-8-4-3-5-9(6-8)16-7-10-13-11(12)14-15(10)2/h3-6H,7H2,1-2H3,(H2,12,14). The summed E-state index contributed by atoms with van der Waals surface area (Å²) in [5.41, 5.74) is 6.64. The highest BCUT2D eigenvalue weighted by Crippen LogP contribution is 2.13. The minimum absolute atomic E-state index is 0.269. The number of rotatable bonds is 3. The topological polar surface area (TPSA) is 66.0 Å².